The Balaban J connectivity index is 1.89. The molecule has 2 aromatic carbocycles. The predicted octanol–water partition coefficient (Wildman–Crippen LogP) is 4.74. The minimum atomic E-state index is -0.00987. The van der Waals surface area contributed by atoms with Crippen molar-refractivity contribution in [3.8, 4) is 28.4 Å². The van der Waals surface area contributed by atoms with Gasteiger partial charge < -0.3 is 24.0 Å². The molecule has 1 aliphatic rings. The van der Waals surface area contributed by atoms with E-state index < -0.39 is 0 Å². The fourth-order valence-corrected chi connectivity index (χ4v) is 4.28. The zero-order chi connectivity index (χ0) is 23.8. The van der Waals surface area contributed by atoms with Crippen LogP contribution in [0.4, 0.5) is 0 Å². The second-order valence-electron chi connectivity index (χ2n) is 8.04. The molecule has 0 aliphatic heterocycles. The van der Waals surface area contributed by atoms with Gasteiger partial charge in [-0.2, -0.15) is 0 Å². The third-order valence-electron chi connectivity index (χ3n) is 6.27. The average molecular weight is 455 g/mol. The van der Waals surface area contributed by atoms with Crippen LogP contribution in [0, 0.1) is 0 Å². The number of ether oxygens (including phenoxy) is 3. The summed E-state index contributed by atoms with van der Waals surface area (Å²) >= 11 is 0. The van der Waals surface area contributed by atoms with Crippen molar-refractivity contribution in [2.24, 2.45) is 0 Å². The van der Waals surface area contributed by atoms with Gasteiger partial charge in [0.25, 0.3) is 0 Å². The number of carbonyl (C=O) groups is 1. The number of hydrogen-bond donors (Lipinski definition) is 0. The maximum absolute atomic E-state index is 13.3. The van der Waals surface area contributed by atoms with E-state index in [0.29, 0.717) is 42.4 Å². The lowest BCUT2D eigenvalue weighted by Crippen LogP contribution is -2.28. The van der Waals surface area contributed by atoms with Crippen molar-refractivity contribution in [3.05, 3.63) is 41.5 Å². The van der Waals surface area contributed by atoms with Crippen LogP contribution in [0.2, 0.25) is 0 Å². The third kappa shape index (κ3) is 5.68. The first-order chi connectivity index (χ1) is 16.1. The van der Waals surface area contributed by atoms with E-state index in [-0.39, 0.29) is 5.78 Å². The fraction of sp³-hybridized carbons (Fsp3) is 0.519. The molecule has 0 bridgehead atoms. The molecular formula is C27H38N2O4. The largest absolute Gasteiger partial charge is 0.493 e. The van der Waals surface area contributed by atoms with Crippen molar-refractivity contribution in [1.82, 2.24) is 9.80 Å². The van der Waals surface area contributed by atoms with Crippen LogP contribution >= 0.6 is 0 Å². The summed E-state index contributed by atoms with van der Waals surface area (Å²) in [5.41, 5.74) is 2.92. The highest BCUT2D eigenvalue weighted by Gasteiger charge is 2.33. The molecule has 2 aromatic rings. The van der Waals surface area contributed by atoms with Gasteiger partial charge in [0.05, 0.1) is 6.61 Å². The lowest BCUT2D eigenvalue weighted by atomic mass is 10.0. The maximum Gasteiger partial charge on any atom is 0.194 e. The van der Waals surface area contributed by atoms with Crippen molar-refractivity contribution >= 4 is 5.78 Å². The molecule has 1 aliphatic carbocycles. The molecule has 0 heterocycles. The molecule has 6 nitrogen and oxygen atoms in total. The summed E-state index contributed by atoms with van der Waals surface area (Å²) in [4.78, 5) is 17.9. The van der Waals surface area contributed by atoms with E-state index in [1.165, 1.54) is 0 Å². The highest BCUT2D eigenvalue weighted by molar-refractivity contribution is 6.23. The number of rotatable bonds is 14. The van der Waals surface area contributed by atoms with E-state index >= 15 is 0 Å². The van der Waals surface area contributed by atoms with Crippen LogP contribution in [-0.4, -0.2) is 74.7 Å². The van der Waals surface area contributed by atoms with Gasteiger partial charge in [-0.3, -0.25) is 4.79 Å². The smallest absolute Gasteiger partial charge is 0.194 e. The maximum atomic E-state index is 13.3. The van der Waals surface area contributed by atoms with Gasteiger partial charge in [0.2, 0.25) is 0 Å². The molecule has 180 valence electrons. The standard InChI is InChI=1S/C27H38N2O4/c1-6-28(7-2)14-16-32-20-18-22-26(24(19-20)31-10-5)25-21(27(22)30)12-11-13-23(25)33-17-15-29(8-3)9-4/h11-13,18-19H,6-10,14-17H2,1-5H3. The molecule has 0 atom stereocenters. The Labute approximate surface area is 198 Å². The molecule has 6 heteroatoms. The fourth-order valence-electron chi connectivity index (χ4n) is 4.28. The zero-order valence-electron chi connectivity index (χ0n) is 20.8. The molecule has 33 heavy (non-hydrogen) atoms. The topological polar surface area (TPSA) is 51.2 Å². The van der Waals surface area contributed by atoms with Crippen LogP contribution in [0.15, 0.2) is 30.3 Å². The normalized spacial score (nSPS) is 12.3. The number of ketones is 1. The van der Waals surface area contributed by atoms with Gasteiger partial charge in [0.1, 0.15) is 30.5 Å². The summed E-state index contributed by atoms with van der Waals surface area (Å²) in [5, 5.41) is 0. The van der Waals surface area contributed by atoms with E-state index in [2.05, 4.69) is 37.5 Å². The minimum Gasteiger partial charge on any atom is -0.493 e. The van der Waals surface area contributed by atoms with Gasteiger partial charge in [-0.25, -0.2) is 0 Å². The number of fused-ring (bicyclic) bond motifs is 3. The predicted molar refractivity (Wildman–Crippen MR) is 133 cm³/mol. The van der Waals surface area contributed by atoms with Gasteiger partial charge in [-0.15, -0.1) is 0 Å². The first kappa shape index (κ1) is 25.1. The Bertz CT molecular complexity index is 936. The highest BCUT2D eigenvalue weighted by atomic mass is 16.5. The molecule has 0 fully saturated rings. The van der Waals surface area contributed by atoms with Crippen molar-refractivity contribution in [1.29, 1.82) is 0 Å². The number of carbonyl (C=O) groups excluding carboxylic acids is 1. The average Bonchev–Trinajstić information content (AvgIpc) is 3.13. The van der Waals surface area contributed by atoms with Gasteiger partial charge in [0, 0.05) is 41.4 Å². The first-order valence-corrected chi connectivity index (χ1v) is 12.3. The van der Waals surface area contributed by atoms with Crippen molar-refractivity contribution in [3.63, 3.8) is 0 Å². The number of nitrogens with zero attached hydrogens (tertiary/aromatic N) is 2. The summed E-state index contributed by atoms with van der Waals surface area (Å²) in [5.74, 6) is 2.04. The first-order valence-electron chi connectivity index (χ1n) is 12.3. The number of likely N-dealkylation sites (N-methyl/N-ethyl adjacent to an activating group) is 2. The van der Waals surface area contributed by atoms with Gasteiger partial charge in [-0.05, 0) is 45.2 Å². The highest BCUT2D eigenvalue weighted by Crippen LogP contribution is 2.49. The monoisotopic (exact) mass is 454 g/mol. The van der Waals surface area contributed by atoms with E-state index in [0.717, 1.165) is 56.1 Å². The third-order valence-corrected chi connectivity index (χ3v) is 6.27. The molecule has 0 spiro atoms. The van der Waals surface area contributed by atoms with Gasteiger partial charge in [-0.1, -0.05) is 39.8 Å². The molecule has 0 aromatic heterocycles. The molecular weight excluding hydrogens is 416 g/mol. The van der Waals surface area contributed by atoms with Crippen LogP contribution < -0.4 is 14.2 Å². The van der Waals surface area contributed by atoms with E-state index in [4.69, 9.17) is 14.2 Å². The van der Waals surface area contributed by atoms with E-state index in [1.54, 1.807) is 0 Å². The van der Waals surface area contributed by atoms with Crippen LogP contribution in [-0.2, 0) is 0 Å². The number of benzene rings is 2. The summed E-state index contributed by atoms with van der Waals surface area (Å²) in [6, 6.07) is 9.44. The van der Waals surface area contributed by atoms with E-state index in [9.17, 15) is 4.79 Å². The van der Waals surface area contributed by atoms with Crippen LogP contribution in [0.5, 0.6) is 17.2 Å². The Morgan fingerprint density at radius 2 is 1.30 bits per heavy atom. The lowest BCUT2D eigenvalue weighted by Gasteiger charge is -2.20. The Kier molecular flexibility index (Phi) is 9.15. The van der Waals surface area contributed by atoms with Crippen molar-refractivity contribution in [2.75, 3.05) is 59.1 Å². The molecule has 0 N–H and O–H groups in total. The SMILES string of the molecule is CCOc1cc(OCCN(CC)CC)cc2c1-c1c(OCCN(CC)CC)cccc1C2=O. The molecule has 0 amide bonds. The zero-order valence-corrected chi connectivity index (χ0v) is 20.8. The Morgan fingerprint density at radius 3 is 1.91 bits per heavy atom. The second-order valence-corrected chi connectivity index (χ2v) is 8.04. The Morgan fingerprint density at radius 1 is 0.697 bits per heavy atom. The van der Waals surface area contributed by atoms with Gasteiger partial charge in [0.15, 0.2) is 5.78 Å². The summed E-state index contributed by atoms with van der Waals surface area (Å²) < 4.78 is 18.2. The van der Waals surface area contributed by atoms with Crippen molar-refractivity contribution < 1.29 is 19.0 Å². The summed E-state index contributed by atoms with van der Waals surface area (Å²) in [6.07, 6.45) is 0. The van der Waals surface area contributed by atoms with Crippen LogP contribution in [0.25, 0.3) is 11.1 Å². The molecule has 0 saturated heterocycles. The molecule has 0 unspecified atom stereocenters. The molecule has 3 rings (SSSR count). The minimum absolute atomic E-state index is 0.00987. The molecule has 0 saturated carbocycles. The van der Waals surface area contributed by atoms with Crippen LogP contribution in [0.3, 0.4) is 0 Å². The lowest BCUT2D eigenvalue weighted by molar-refractivity contribution is 0.104. The quantitative estimate of drug-likeness (QED) is 0.351. The molecule has 0 radical (unpaired) electrons. The van der Waals surface area contributed by atoms with Crippen molar-refractivity contribution in [2.45, 2.75) is 34.6 Å². The van der Waals surface area contributed by atoms with E-state index in [1.807, 2.05) is 37.3 Å². The summed E-state index contributed by atoms with van der Waals surface area (Å²) in [7, 11) is 0. The number of hydrogen-bond acceptors (Lipinski definition) is 6. The summed E-state index contributed by atoms with van der Waals surface area (Å²) in [6.45, 7) is 17.8. The second kappa shape index (κ2) is 12.1. The Hall–Kier alpha value is -2.57. The van der Waals surface area contributed by atoms with Crippen LogP contribution in [0.1, 0.15) is 50.5 Å². The van der Waals surface area contributed by atoms with Gasteiger partial charge >= 0.3 is 0 Å².